The number of carbonyl (C=O) groups is 1. The maximum absolute atomic E-state index is 9.91. The smallest absolute Gasteiger partial charge is 0.293 e. The minimum Gasteiger partial charge on any atom is -0.467 e. The fourth-order valence-corrected chi connectivity index (χ4v) is 1.86. The molecule has 0 aromatic carbocycles. The summed E-state index contributed by atoms with van der Waals surface area (Å²) in [5.41, 5.74) is 7.52. The summed E-state index contributed by atoms with van der Waals surface area (Å²) in [4.78, 5) is 9.91. The Morgan fingerprint density at radius 1 is 1.75 bits per heavy atom. The molecule has 0 fully saturated rings. The van der Waals surface area contributed by atoms with Crippen LogP contribution in [0.4, 0.5) is 5.69 Å². The van der Waals surface area contributed by atoms with E-state index in [1.165, 1.54) is 0 Å². The van der Waals surface area contributed by atoms with Crippen LogP contribution in [-0.2, 0) is 9.53 Å². The third-order valence-corrected chi connectivity index (χ3v) is 2.45. The highest BCUT2D eigenvalue weighted by Gasteiger charge is 2.09. The molecular weight excluding hydrogens is 174 g/mol. The topological polar surface area (TPSA) is 52.3 Å². The zero-order chi connectivity index (χ0) is 8.97. The van der Waals surface area contributed by atoms with Crippen molar-refractivity contribution in [2.75, 3.05) is 12.3 Å². The molecule has 1 atom stereocenters. The van der Waals surface area contributed by atoms with E-state index in [2.05, 4.69) is 4.74 Å². The monoisotopic (exact) mass is 185 g/mol. The number of rotatable bonds is 4. The molecule has 66 valence electrons. The van der Waals surface area contributed by atoms with E-state index in [1.54, 1.807) is 11.3 Å². The van der Waals surface area contributed by atoms with E-state index in [-0.39, 0.29) is 5.92 Å². The lowest BCUT2D eigenvalue weighted by Crippen LogP contribution is -2.04. The molecule has 0 bridgehead atoms. The van der Waals surface area contributed by atoms with Gasteiger partial charge in [0.1, 0.15) is 0 Å². The van der Waals surface area contributed by atoms with Gasteiger partial charge in [-0.25, -0.2) is 0 Å². The van der Waals surface area contributed by atoms with E-state index in [1.807, 2.05) is 17.7 Å². The molecule has 0 aliphatic rings. The molecular formula is C8H11NO2S. The molecule has 12 heavy (non-hydrogen) atoms. The maximum Gasteiger partial charge on any atom is 0.293 e. The summed E-state index contributed by atoms with van der Waals surface area (Å²) in [5.74, 6) is 0.182. The van der Waals surface area contributed by atoms with Crippen molar-refractivity contribution >= 4 is 23.5 Å². The molecule has 0 spiro atoms. The highest BCUT2D eigenvalue weighted by Crippen LogP contribution is 2.25. The van der Waals surface area contributed by atoms with Crippen molar-refractivity contribution in [2.45, 2.75) is 12.8 Å². The summed E-state index contributed by atoms with van der Waals surface area (Å²) in [7, 11) is 0. The SMILES string of the molecule is CC(COC=O)c1cscc1N. The van der Waals surface area contributed by atoms with Gasteiger partial charge in [-0.3, -0.25) is 4.79 Å². The molecule has 0 aliphatic heterocycles. The molecule has 1 rings (SSSR count). The van der Waals surface area contributed by atoms with Crippen molar-refractivity contribution in [3.8, 4) is 0 Å². The van der Waals surface area contributed by atoms with Crippen LogP contribution in [-0.4, -0.2) is 13.1 Å². The average Bonchev–Trinajstić information content (AvgIpc) is 2.47. The lowest BCUT2D eigenvalue weighted by molar-refractivity contribution is -0.129. The Bertz CT molecular complexity index is 259. The van der Waals surface area contributed by atoms with Gasteiger partial charge in [0, 0.05) is 17.0 Å². The zero-order valence-corrected chi connectivity index (χ0v) is 7.64. The first-order chi connectivity index (χ1) is 5.75. The van der Waals surface area contributed by atoms with Crippen molar-refractivity contribution in [2.24, 2.45) is 0 Å². The van der Waals surface area contributed by atoms with Crippen LogP contribution >= 0.6 is 11.3 Å². The van der Waals surface area contributed by atoms with Gasteiger partial charge in [-0.2, -0.15) is 0 Å². The first-order valence-electron chi connectivity index (χ1n) is 3.62. The standard InChI is InChI=1S/C8H11NO2S/c1-6(2-11-5-10)7-3-12-4-8(7)9/h3-6H,2,9H2,1H3. The lowest BCUT2D eigenvalue weighted by atomic mass is 10.1. The van der Waals surface area contributed by atoms with Gasteiger partial charge in [-0.15, -0.1) is 11.3 Å². The fourth-order valence-electron chi connectivity index (χ4n) is 0.991. The number of hydrogen-bond donors (Lipinski definition) is 1. The Hall–Kier alpha value is -1.03. The molecule has 1 heterocycles. The normalized spacial score (nSPS) is 12.4. The number of thiophene rings is 1. The number of ether oxygens (including phenoxy) is 1. The van der Waals surface area contributed by atoms with Crippen molar-refractivity contribution < 1.29 is 9.53 Å². The van der Waals surface area contributed by atoms with Gasteiger partial charge in [0.15, 0.2) is 0 Å². The number of carbonyl (C=O) groups excluding carboxylic acids is 1. The predicted molar refractivity (Wildman–Crippen MR) is 49.2 cm³/mol. The maximum atomic E-state index is 9.91. The van der Waals surface area contributed by atoms with Crippen LogP contribution in [0.15, 0.2) is 10.8 Å². The summed E-state index contributed by atoms with van der Waals surface area (Å²) in [5, 5.41) is 3.86. The molecule has 0 amide bonds. The molecule has 0 saturated carbocycles. The predicted octanol–water partition coefficient (Wildman–Crippen LogP) is 1.61. The van der Waals surface area contributed by atoms with Gasteiger partial charge in [0.25, 0.3) is 6.47 Å². The van der Waals surface area contributed by atoms with E-state index < -0.39 is 0 Å². The minimum atomic E-state index is 0.182. The van der Waals surface area contributed by atoms with Crippen molar-refractivity contribution in [1.82, 2.24) is 0 Å². The molecule has 1 aromatic heterocycles. The van der Waals surface area contributed by atoms with Crippen molar-refractivity contribution in [3.63, 3.8) is 0 Å². The van der Waals surface area contributed by atoms with Gasteiger partial charge in [-0.05, 0) is 10.9 Å². The van der Waals surface area contributed by atoms with Crippen molar-refractivity contribution in [1.29, 1.82) is 0 Å². The Morgan fingerprint density at radius 2 is 2.50 bits per heavy atom. The van der Waals surface area contributed by atoms with Crippen LogP contribution in [0.25, 0.3) is 0 Å². The highest BCUT2D eigenvalue weighted by molar-refractivity contribution is 7.08. The van der Waals surface area contributed by atoms with Gasteiger partial charge >= 0.3 is 0 Å². The number of anilines is 1. The van der Waals surface area contributed by atoms with Crippen LogP contribution in [0.3, 0.4) is 0 Å². The van der Waals surface area contributed by atoms with Crippen LogP contribution in [0.1, 0.15) is 18.4 Å². The largest absolute Gasteiger partial charge is 0.467 e. The van der Waals surface area contributed by atoms with E-state index in [0.717, 1.165) is 11.3 Å². The Balaban J connectivity index is 2.58. The Labute approximate surface area is 75.1 Å². The molecule has 0 aliphatic carbocycles. The van der Waals surface area contributed by atoms with E-state index in [9.17, 15) is 4.79 Å². The quantitative estimate of drug-likeness (QED) is 0.725. The third kappa shape index (κ3) is 1.98. The second-order valence-corrected chi connectivity index (χ2v) is 3.36. The van der Waals surface area contributed by atoms with Crippen LogP contribution in [0.5, 0.6) is 0 Å². The number of nitrogen functional groups attached to an aromatic ring is 1. The van der Waals surface area contributed by atoms with Gasteiger partial charge in [-0.1, -0.05) is 6.92 Å². The second-order valence-electron chi connectivity index (χ2n) is 2.61. The van der Waals surface area contributed by atoms with Gasteiger partial charge < -0.3 is 10.5 Å². The summed E-state index contributed by atoms with van der Waals surface area (Å²) in [6.07, 6.45) is 0. The van der Waals surface area contributed by atoms with Crippen LogP contribution < -0.4 is 5.73 Å². The molecule has 3 nitrogen and oxygen atoms in total. The molecule has 1 aromatic rings. The van der Waals surface area contributed by atoms with E-state index in [4.69, 9.17) is 5.73 Å². The van der Waals surface area contributed by atoms with Crippen LogP contribution in [0, 0.1) is 0 Å². The lowest BCUT2D eigenvalue weighted by Gasteiger charge is -2.08. The summed E-state index contributed by atoms with van der Waals surface area (Å²) in [6.45, 7) is 2.82. The average molecular weight is 185 g/mol. The molecule has 4 heteroatoms. The summed E-state index contributed by atoms with van der Waals surface area (Å²) in [6, 6.07) is 0. The number of hydrogen-bond acceptors (Lipinski definition) is 4. The number of nitrogens with two attached hydrogens (primary N) is 1. The first kappa shape index (κ1) is 9.06. The Kier molecular flexibility index (Phi) is 3.10. The third-order valence-electron chi connectivity index (χ3n) is 1.67. The molecule has 1 unspecified atom stereocenters. The summed E-state index contributed by atoms with van der Waals surface area (Å²) >= 11 is 1.56. The molecule has 2 N–H and O–H groups in total. The molecule has 0 radical (unpaired) electrons. The fraction of sp³-hybridized carbons (Fsp3) is 0.375. The van der Waals surface area contributed by atoms with E-state index >= 15 is 0 Å². The van der Waals surface area contributed by atoms with Crippen molar-refractivity contribution in [3.05, 3.63) is 16.3 Å². The van der Waals surface area contributed by atoms with E-state index in [0.29, 0.717) is 13.1 Å². The molecule has 0 saturated heterocycles. The van der Waals surface area contributed by atoms with Crippen LogP contribution in [0.2, 0.25) is 0 Å². The zero-order valence-electron chi connectivity index (χ0n) is 6.82. The highest BCUT2D eigenvalue weighted by atomic mass is 32.1. The second kappa shape index (κ2) is 4.11. The minimum absolute atomic E-state index is 0.182. The first-order valence-corrected chi connectivity index (χ1v) is 4.56. The Morgan fingerprint density at radius 3 is 3.00 bits per heavy atom. The van der Waals surface area contributed by atoms with Gasteiger partial charge in [0.05, 0.1) is 6.61 Å². The van der Waals surface area contributed by atoms with Gasteiger partial charge in [0.2, 0.25) is 0 Å². The summed E-state index contributed by atoms with van der Waals surface area (Å²) < 4.78 is 4.64.